The maximum atomic E-state index is 12.5. The van der Waals surface area contributed by atoms with Crippen LogP contribution in [0.2, 0.25) is 5.02 Å². The second kappa shape index (κ2) is 11.9. The minimum absolute atomic E-state index is 0.0538. The number of hydrogen-bond donors (Lipinski definition) is 2. The first-order valence-corrected chi connectivity index (χ1v) is 10.1. The van der Waals surface area contributed by atoms with Crippen LogP contribution in [0, 0.1) is 16.0 Å². The van der Waals surface area contributed by atoms with Gasteiger partial charge in [-0.05, 0) is 30.2 Å². The van der Waals surface area contributed by atoms with Gasteiger partial charge in [-0.1, -0.05) is 37.6 Å². The van der Waals surface area contributed by atoms with Crippen LogP contribution in [0.25, 0.3) is 0 Å². The lowest BCUT2D eigenvalue weighted by Gasteiger charge is -2.21. The number of amides is 2. The molecule has 0 saturated heterocycles. The number of halogens is 3. The first-order valence-electron chi connectivity index (χ1n) is 9.74. The van der Waals surface area contributed by atoms with Crippen LogP contribution in [-0.4, -0.2) is 42.0 Å². The van der Waals surface area contributed by atoms with Gasteiger partial charge < -0.3 is 20.1 Å². The summed E-state index contributed by atoms with van der Waals surface area (Å²) in [4.78, 5) is 47.4. The summed E-state index contributed by atoms with van der Waals surface area (Å²) in [5.41, 5.74) is -0.643. The molecule has 0 aromatic heterocycles. The Hall–Kier alpha value is -3.80. The molecule has 2 rings (SSSR count). The highest BCUT2D eigenvalue weighted by Gasteiger charge is 2.28. The Labute approximate surface area is 197 Å². The van der Waals surface area contributed by atoms with Crippen molar-refractivity contribution < 1.29 is 37.6 Å². The highest BCUT2D eigenvalue weighted by atomic mass is 35.5. The molecule has 0 saturated carbocycles. The normalized spacial score (nSPS) is 11.6. The van der Waals surface area contributed by atoms with Gasteiger partial charge in [0.2, 0.25) is 0 Å². The number of nitro groups is 1. The molecule has 182 valence electrons. The molecule has 0 bridgehead atoms. The topological polar surface area (TPSA) is 137 Å². The molecule has 13 heteroatoms. The van der Waals surface area contributed by atoms with Gasteiger partial charge in [0.15, 0.2) is 6.61 Å². The predicted molar refractivity (Wildman–Crippen MR) is 117 cm³/mol. The number of hydrogen-bond acceptors (Lipinski definition) is 7. The van der Waals surface area contributed by atoms with Crippen LogP contribution < -0.4 is 15.4 Å². The van der Waals surface area contributed by atoms with Crippen LogP contribution in [0.3, 0.4) is 0 Å². The van der Waals surface area contributed by atoms with Crippen molar-refractivity contribution in [2.45, 2.75) is 26.5 Å². The molecule has 0 aliphatic carbocycles. The molecule has 2 N–H and O–H groups in total. The fraction of sp³-hybridized carbons (Fsp3) is 0.286. The molecule has 0 heterocycles. The summed E-state index contributed by atoms with van der Waals surface area (Å²) in [6.07, 6.45) is 0. The number of nitrogens with zero attached hydrogens (tertiary/aromatic N) is 1. The Bertz CT molecular complexity index is 1080. The number of para-hydroxylation sites is 2. The van der Waals surface area contributed by atoms with Gasteiger partial charge in [0.1, 0.15) is 16.8 Å². The fourth-order valence-electron chi connectivity index (χ4n) is 2.70. The molecule has 0 radical (unpaired) electrons. The quantitative estimate of drug-likeness (QED) is 0.288. The average Bonchev–Trinajstić information content (AvgIpc) is 2.76. The zero-order chi connectivity index (χ0) is 25.4. The minimum atomic E-state index is -3.10. The first kappa shape index (κ1) is 26.5. The van der Waals surface area contributed by atoms with Gasteiger partial charge in [0.05, 0.1) is 10.6 Å². The Morgan fingerprint density at radius 3 is 2.44 bits per heavy atom. The highest BCUT2D eigenvalue weighted by molar-refractivity contribution is 6.32. The monoisotopic (exact) mass is 499 g/mol. The molecular formula is C21H20ClF2N3O7. The Morgan fingerprint density at radius 1 is 1.15 bits per heavy atom. The van der Waals surface area contributed by atoms with E-state index < -0.39 is 53.6 Å². The number of alkyl halides is 2. The van der Waals surface area contributed by atoms with Crippen LogP contribution in [-0.2, 0) is 14.3 Å². The number of esters is 1. The number of carbonyl (C=O) groups is 3. The number of nitro benzene ring substituents is 1. The molecule has 2 aromatic rings. The Kier molecular flexibility index (Phi) is 9.25. The number of rotatable bonds is 10. The van der Waals surface area contributed by atoms with E-state index in [4.69, 9.17) is 16.3 Å². The van der Waals surface area contributed by atoms with Crippen LogP contribution in [0.5, 0.6) is 5.75 Å². The Morgan fingerprint density at radius 2 is 1.82 bits per heavy atom. The van der Waals surface area contributed by atoms with Crippen molar-refractivity contribution in [3.8, 4) is 5.75 Å². The summed E-state index contributed by atoms with van der Waals surface area (Å²) in [7, 11) is 0. The van der Waals surface area contributed by atoms with E-state index in [-0.39, 0.29) is 22.0 Å². The SMILES string of the molecule is CC(C)[C@H](NC(=O)c1ccc(Cl)c([N+](=O)[O-])c1)C(=O)OCC(=O)Nc1ccccc1OC(F)F. The second-order valence-corrected chi connectivity index (χ2v) is 7.56. The van der Waals surface area contributed by atoms with Crippen molar-refractivity contribution in [1.82, 2.24) is 5.32 Å². The van der Waals surface area contributed by atoms with Gasteiger partial charge in [0, 0.05) is 11.6 Å². The smallest absolute Gasteiger partial charge is 0.387 e. The van der Waals surface area contributed by atoms with E-state index in [9.17, 15) is 33.3 Å². The van der Waals surface area contributed by atoms with Crippen LogP contribution in [0.15, 0.2) is 42.5 Å². The standard InChI is InChI=1S/C21H20ClF2N3O7/c1-11(2)18(26-19(29)12-7-8-13(22)15(9-12)27(31)32)20(30)33-10-17(28)25-14-5-3-4-6-16(14)34-21(23)24/h3-9,11,18,21H,10H2,1-2H3,(H,25,28)(H,26,29)/t18-/m0/s1. The molecule has 0 spiro atoms. The number of anilines is 1. The van der Waals surface area contributed by atoms with E-state index in [1.165, 1.54) is 36.4 Å². The molecule has 34 heavy (non-hydrogen) atoms. The fourth-order valence-corrected chi connectivity index (χ4v) is 2.88. The summed E-state index contributed by atoms with van der Waals surface area (Å²) in [6, 6.07) is 7.65. The molecule has 0 aliphatic rings. The van der Waals surface area contributed by atoms with Crippen molar-refractivity contribution in [3.63, 3.8) is 0 Å². The van der Waals surface area contributed by atoms with Crippen LogP contribution in [0.1, 0.15) is 24.2 Å². The van der Waals surface area contributed by atoms with E-state index >= 15 is 0 Å². The van der Waals surface area contributed by atoms with E-state index in [0.717, 1.165) is 6.07 Å². The minimum Gasteiger partial charge on any atom is -0.454 e. The second-order valence-electron chi connectivity index (χ2n) is 7.15. The van der Waals surface area contributed by atoms with Gasteiger partial charge in [-0.3, -0.25) is 19.7 Å². The summed E-state index contributed by atoms with van der Waals surface area (Å²) < 4.78 is 34.2. The van der Waals surface area contributed by atoms with Crippen molar-refractivity contribution in [3.05, 3.63) is 63.2 Å². The summed E-state index contributed by atoms with van der Waals surface area (Å²) >= 11 is 5.74. The molecule has 0 unspecified atom stereocenters. The van der Waals surface area contributed by atoms with E-state index in [1.54, 1.807) is 13.8 Å². The number of benzene rings is 2. The third kappa shape index (κ3) is 7.37. The third-order valence-corrected chi connectivity index (χ3v) is 4.65. The molecule has 10 nitrogen and oxygen atoms in total. The van der Waals surface area contributed by atoms with Crippen molar-refractivity contribution >= 4 is 40.8 Å². The number of nitrogens with one attached hydrogen (secondary N) is 2. The third-order valence-electron chi connectivity index (χ3n) is 4.33. The van der Waals surface area contributed by atoms with Gasteiger partial charge in [0.25, 0.3) is 17.5 Å². The first-order chi connectivity index (χ1) is 16.0. The van der Waals surface area contributed by atoms with E-state index in [2.05, 4.69) is 15.4 Å². The van der Waals surface area contributed by atoms with Crippen molar-refractivity contribution in [2.75, 3.05) is 11.9 Å². The van der Waals surface area contributed by atoms with Crippen molar-refractivity contribution in [1.29, 1.82) is 0 Å². The molecular weight excluding hydrogens is 480 g/mol. The van der Waals surface area contributed by atoms with Gasteiger partial charge in [-0.15, -0.1) is 0 Å². The van der Waals surface area contributed by atoms with E-state index in [0.29, 0.717) is 0 Å². The molecule has 1 atom stereocenters. The maximum Gasteiger partial charge on any atom is 0.387 e. The molecule has 2 amide bonds. The average molecular weight is 500 g/mol. The van der Waals surface area contributed by atoms with Gasteiger partial charge in [-0.25, -0.2) is 4.79 Å². The molecule has 2 aromatic carbocycles. The zero-order valence-corrected chi connectivity index (χ0v) is 18.7. The largest absolute Gasteiger partial charge is 0.454 e. The van der Waals surface area contributed by atoms with E-state index in [1.807, 2.05) is 0 Å². The summed E-state index contributed by atoms with van der Waals surface area (Å²) in [5.74, 6) is -3.32. The summed E-state index contributed by atoms with van der Waals surface area (Å²) in [5, 5.41) is 15.6. The highest BCUT2D eigenvalue weighted by Crippen LogP contribution is 2.26. The lowest BCUT2D eigenvalue weighted by atomic mass is 10.0. The predicted octanol–water partition coefficient (Wildman–Crippen LogP) is 3.79. The zero-order valence-electron chi connectivity index (χ0n) is 17.9. The van der Waals surface area contributed by atoms with Crippen LogP contribution >= 0.6 is 11.6 Å². The van der Waals surface area contributed by atoms with Gasteiger partial charge in [-0.2, -0.15) is 8.78 Å². The molecule has 0 fully saturated rings. The van der Waals surface area contributed by atoms with Crippen molar-refractivity contribution in [2.24, 2.45) is 5.92 Å². The lowest BCUT2D eigenvalue weighted by Crippen LogP contribution is -2.46. The van der Waals surface area contributed by atoms with Crippen LogP contribution in [0.4, 0.5) is 20.2 Å². The Balaban J connectivity index is 2.02. The summed E-state index contributed by atoms with van der Waals surface area (Å²) in [6.45, 7) is -0.663. The lowest BCUT2D eigenvalue weighted by molar-refractivity contribution is -0.384. The van der Waals surface area contributed by atoms with Gasteiger partial charge >= 0.3 is 12.6 Å². The number of ether oxygens (including phenoxy) is 2. The number of carbonyl (C=O) groups excluding carboxylic acids is 3. The molecule has 0 aliphatic heterocycles. The maximum absolute atomic E-state index is 12.5.